The lowest BCUT2D eigenvalue weighted by Crippen LogP contribution is -2.63. The Balaban J connectivity index is 1.60. The molecule has 2 N–H and O–H groups in total. The molecule has 1 fully saturated rings. The lowest BCUT2D eigenvalue weighted by atomic mass is 9.64. The van der Waals surface area contributed by atoms with Gasteiger partial charge in [0.1, 0.15) is 5.65 Å². The summed E-state index contributed by atoms with van der Waals surface area (Å²) in [7, 11) is 3.55. The molecule has 0 bridgehead atoms. The van der Waals surface area contributed by atoms with Crippen molar-refractivity contribution in [2.24, 2.45) is 10.4 Å². The molecule has 0 aliphatic heterocycles. The summed E-state index contributed by atoms with van der Waals surface area (Å²) >= 11 is 6.00. The standard InChI is InChI=1S/C17H24ClN5O/c1-17(2)13(7-14(17)24-4)22-16(19-3)20-8-12-10-23-9-11(18)5-6-15(23)21-12/h5-6,9-10,13-14H,7-8H2,1-4H3,(H2,19,20,22). The lowest BCUT2D eigenvalue weighted by molar-refractivity contribution is -0.0922. The van der Waals surface area contributed by atoms with Gasteiger partial charge in [0.05, 0.1) is 23.4 Å². The van der Waals surface area contributed by atoms with Gasteiger partial charge >= 0.3 is 0 Å². The van der Waals surface area contributed by atoms with Crippen molar-refractivity contribution in [3.63, 3.8) is 0 Å². The van der Waals surface area contributed by atoms with Crippen LogP contribution in [0.5, 0.6) is 0 Å². The first-order valence-electron chi connectivity index (χ1n) is 8.07. The second kappa shape index (κ2) is 6.61. The summed E-state index contributed by atoms with van der Waals surface area (Å²) in [4.78, 5) is 8.87. The summed E-state index contributed by atoms with van der Waals surface area (Å²) in [5.41, 5.74) is 1.90. The van der Waals surface area contributed by atoms with Crippen molar-refractivity contribution in [1.82, 2.24) is 20.0 Å². The monoisotopic (exact) mass is 349 g/mol. The molecule has 6 nitrogen and oxygen atoms in total. The summed E-state index contributed by atoms with van der Waals surface area (Å²) in [6.45, 7) is 5.02. The number of nitrogens with zero attached hydrogens (tertiary/aromatic N) is 3. The fraction of sp³-hybridized carbons (Fsp3) is 0.529. The van der Waals surface area contributed by atoms with Gasteiger partial charge < -0.3 is 19.8 Å². The third-order valence-corrected chi connectivity index (χ3v) is 5.12. The van der Waals surface area contributed by atoms with Gasteiger partial charge in [-0.1, -0.05) is 25.4 Å². The van der Waals surface area contributed by atoms with Crippen LogP contribution in [0, 0.1) is 5.41 Å². The Kier molecular flexibility index (Phi) is 4.69. The molecule has 2 unspecified atom stereocenters. The number of ether oxygens (including phenoxy) is 1. The van der Waals surface area contributed by atoms with E-state index < -0.39 is 0 Å². The van der Waals surface area contributed by atoms with E-state index in [1.807, 2.05) is 28.9 Å². The number of guanidine groups is 1. The minimum Gasteiger partial charge on any atom is -0.381 e. The number of fused-ring (bicyclic) bond motifs is 1. The summed E-state index contributed by atoms with van der Waals surface area (Å²) in [5.74, 6) is 0.776. The molecule has 130 valence electrons. The van der Waals surface area contributed by atoms with Crippen LogP contribution >= 0.6 is 11.6 Å². The quantitative estimate of drug-likeness (QED) is 0.657. The van der Waals surface area contributed by atoms with E-state index in [9.17, 15) is 0 Å². The van der Waals surface area contributed by atoms with Gasteiger partial charge in [-0.2, -0.15) is 0 Å². The van der Waals surface area contributed by atoms with E-state index >= 15 is 0 Å². The van der Waals surface area contributed by atoms with Gasteiger partial charge in [-0.3, -0.25) is 4.99 Å². The number of hydrogen-bond acceptors (Lipinski definition) is 3. The zero-order valence-electron chi connectivity index (χ0n) is 14.5. The van der Waals surface area contributed by atoms with Gasteiger partial charge in [-0.15, -0.1) is 0 Å². The van der Waals surface area contributed by atoms with Gasteiger partial charge in [0.25, 0.3) is 0 Å². The highest BCUT2D eigenvalue weighted by Gasteiger charge is 2.48. The van der Waals surface area contributed by atoms with Crippen LogP contribution in [0.3, 0.4) is 0 Å². The number of methoxy groups -OCH3 is 1. The maximum atomic E-state index is 6.00. The van der Waals surface area contributed by atoms with Crippen molar-refractivity contribution < 1.29 is 4.74 Å². The van der Waals surface area contributed by atoms with Gasteiger partial charge in [0, 0.05) is 38.0 Å². The molecule has 1 saturated carbocycles. The number of imidazole rings is 1. The van der Waals surface area contributed by atoms with Gasteiger partial charge in [0.2, 0.25) is 0 Å². The van der Waals surface area contributed by atoms with Gasteiger partial charge in [-0.05, 0) is 18.6 Å². The lowest BCUT2D eigenvalue weighted by Gasteiger charge is -2.51. The van der Waals surface area contributed by atoms with Crippen molar-refractivity contribution in [2.45, 2.75) is 39.0 Å². The molecule has 0 saturated heterocycles. The first kappa shape index (κ1) is 17.0. The zero-order chi connectivity index (χ0) is 17.3. The molecule has 24 heavy (non-hydrogen) atoms. The second-order valence-corrected chi connectivity index (χ2v) is 7.19. The molecule has 0 spiro atoms. The largest absolute Gasteiger partial charge is 0.381 e. The molecule has 1 aliphatic rings. The number of rotatable bonds is 4. The summed E-state index contributed by atoms with van der Waals surface area (Å²) in [6.07, 6.45) is 5.09. The van der Waals surface area contributed by atoms with E-state index in [2.05, 4.69) is 34.5 Å². The molecular weight excluding hydrogens is 326 g/mol. The van der Waals surface area contributed by atoms with E-state index in [1.54, 1.807) is 14.2 Å². The van der Waals surface area contributed by atoms with E-state index in [4.69, 9.17) is 16.3 Å². The van der Waals surface area contributed by atoms with Crippen molar-refractivity contribution in [3.05, 3.63) is 35.2 Å². The Morgan fingerprint density at radius 1 is 1.46 bits per heavy atom. The van der Waals surface area contributed by atoms with Crippen LogP contribution in [-0.2, 0) is 11.3 Å². The molecule has 7 heteroatoms. The van der Waals surface area contributed by atoms with E-state index in [-0.39, 0.29) is 11.5 Å². The number of aliphatic imine (C=N–C) groups is 1. The Labute approximate surface area is 147 Å². The van der Waals surface area contributed by atoms with E-state index in [0.717, 1.165) is 23.7 Å². The maximum absolute atomic E-state index is 6.00. The van der Waals surface area contributed by atoms with Crippen LogP contribution in [0.15, 0.2) is 29.5 Å². The predicted molar refractivity (Wildman–Crippen MR) is 96.5 cm³/mol. The molecule has 1 aliphatic carbocycles. The van der Waals surface area contributed by atoms with Crippen molar-refractivity contribution in [3.8, 4) is 0 Å². The highest BCUT2D eigenvalue weighted by Crippen LogP contribution is 2.42. The normalized spacial score (nSPS) is 23.1. The summed E-state index contributed by atoms with van der Waals surface area (Å²) in [6, 6.07) is 4.08. The van der Waals surface area contributed by atoms with Crippen LogP contribution < -0.4 is 10.6 Å². The summed E-state index contributed by atoms with van der Waals surface area (Å²) in [5, 5.41) is 7.49. The van der Waals surface area contributed by atoms with Crippen molar-refractivity contribution >= 4 is 23.2 Å². The molecule has 2 aromatic heterocycles. The fourth-order valence-electron chi connectivity index (χ4n) is 3.17. The Bertz CT molecular complexity index is 755. The number of halogens is 1. The first-order valence-corrected chi connectivity index (χ1v) is 8.45. The fourth-order valence-corrected chi connectivity index (χ4v) is 3.33. The molecule has 0 aromatic carbocycles. The first-order chi connectivity index (χ1) is 11.4. The van der Waals surface area contributed by atoms with E-state index in [1.165, 1.54) is 0 Å². The minimum absolute atomic E-state index is 0.0895. The van der Waals surface area contributed by atoms with Gasteiger partial charge in [-0.25, -0.2) is 4.98 Å². The zero-order valence-corrected chi connectivity index (χ0v) is 15.3. The topological polar surface area (TPSA) is 63.0 Å². The van der Waals surface area contributed by atoms with Crippen molar-refractivity contribution in [1.29, 1.82) is 0 Å². The average molecular weight is 350 g/mol. The van der Waals surface area contributed by atoms with E-state index in [0.29, 0.717) is 17.6 Å². The smallest absolute Gasteiger partial charge is 0.191 e. The van der Waals surface area contributed by atoms with Gasteiger partial charge in [0.15, 0.2) is 5.96 Å². The number of nitrogens with one attached hydrogen (secondary N) is 2. The van der Waals surface area contributed by atoms with Crippen molar-refractivity contribution in [2.75, 3.05) is 14.2 Å². The molecule has 0 radical (unpaired) electrons. The number of pyridine rings is 1. The Hall–Kier alpha value is -1.79. The molecular formula is C17H24ClN5O. The summed E-state index contributed by atoms with van der Waals surface area (Å²) < 4.78 is 7.42. The minimum atomic E-state index is 0.0895. The number of hydrogen-bond donors (Lipinski definition) is 2. The SMILES string of the molecule is CN=C(NCc1cn2cc(Cl)ccc2n1)NC1CC(OC)C1(C)C. The van der Waals surface area contributed by atoms with Crippen LogP contribution in [0.2, 0.25) is 5.02 Å². The van der Waals surface area contributed by atoms with Crippen LogP contribution in [-0.4, -0.2) is 41.6 Å². The highest BCUT2D eigenvalue weighted by atomic mass is 35.5. The van der Waals surface area contributed by atoms with Crippen LogP contribution in [0.1, 0.15) is 26.0 Å². The predicted octanol–water partition coefficient (Wildman–Crippen LogP) is 2.47. The van der Waals surface area contributed by atoms with Crippen LogP contribution in [0.4, 0.5) is 0 Å². The number of aromatic nitrogens is 2. The highest BCUT2D eigenvalue weighted by molar-refractivity contribution is 6.30. The molecule has 0 amide bonds. The third kappa shape index (κ3) is 3.21. The maximum Gasteiger partial charge on any atom is 0.191 e. The Morgan fingerprint density at radius 3 is 2.92 bits per heavy atom. The molecule has 3 rings (SSSR count). The van der Waals surface area contributed by atoms with Crippen LogP contribution in [0.25, 0.3) is 5.65 Å². The molecule has 2 atom stereocenters. The second-order valence-electron chi connectivity index (χ2n) is 6.75. The average Bonchev–Trinajstić information content (AvgIpc) is 2.95. The molecule has 2 aromatic rings. The Morgan fingerprint density at radius 2 is 2.25 bits per heavy atom. The third-order valence-electron chi connectivity index (χ3n) is 4.90. The molecule has 2 heterocycles.